The number of thioether (sulfide) groups is 1. The monoisotopic (exact) mass is 447 g/mol. The Morgan fingerprint density at radius 3 is 2.30 bits per heavy atom. The molecule has 1 unspecified atom stereocenters. The molecule has 5 aliphatic rings. The minimum Gasteiger partial charge on any atom is -0.350 e. The summed E-state index contributed by atoms with van der Waals surface area (Å²) in [5.74, 6) is 3.82. The molecule has 4 saturated carbocycles. The fraction of sp³-hybridized carbons (Fsp3) is 0.667. The summed E-state index contributed by atoms with van der Waals surface area (Å²) in [5, 5.41) is 4.25. The third-order valence-corrected chi connectivity index (χ3v) is 8.85. The predicted molar refractivity (Wildman–Crippen MR) is 129 cm³/mol. The van der Waals surface area contributed by atoms with Crippen LogP contribution in [0.4, 0.5) is 5.69 Å². The largest absolute Gasteiger partial charge is 0.350 e. The maximum absolute atomic E-state index is 12.6. The molecule has 4 aliphatic carbocycles. The summed E-state index contributed by atoms with van der Waals surface area (Å²) in [4.78, 5) is 20.3. The van der Waals surface area contributed by atoms with Gasteiger partial charge in [0.2, 0.25) is 5.91 Å². The second kappa shape index (κ2) is 8.74. The maximum Gasteiger partial charge on any atom is 0.226 e. The van der Waals surface area contributed by atoms with Crippen LogP contribution in [0.1, 0.15) is 57.4 Å². The van der Waals surface area contributed by atoms with Gasteiger partial charge in [0.25, 0.3) is 0 Å². The highest BCUT2D eigenvalue weighted by Crippen LogP contribution is 2.57. The highest BCUT2D eigenvalue weighted by molar-refractivity contribution is 8.14. The number of benzene rings is 1. The summed E-state index contributed by atoms with van der Waals surface area (Å²) >= 11 is 1.86. The molecule has 6 heteroatoms. The Labute approximate surface area is 191 Å². The molecule has 5 fully saturated rings. The Balaban J connectivity index is 0.00000218. The number of amides is 1. The second-order valence-corrected chi connectivity index (χ2v) is 10.9. The fourth-order valence-corrected chi connectivity index (χ4v) is 7.80. The van der Waals surface area contributed by atoms with Crippen molar-refractivity contribution in [2.24, 2.45) is 22.7 Å². The SMILES string of the molecule is CCc1ccc(NC(=O)CC2CSC(=NC34CC5CC(CC(C5)C3)C4)N2C)cc1.Cl. The highest BCUT2D eigenvalue weighted by atomic mass is 35.5. The fourth-order valence-electron chi connectivity index (χ4n) is 6.50. The van der Waals surface area contributed by atoms with Crippen molar-refractivity contribution in [3.05, 3.63) is 29.8 Å². The number of nitrogens with zero attached hydrogens (tertiary/aromatic N) is 2. The van der Waals surface area contributed by atoms with Crippen molar-refractivity contribution in [2.75, 3.05) is 18.1 Å². The lowest BCUT2D eigenvalue weighted by Crippen LogP contribution is -2.50. The van der Waals surface area contributed by atoms with Gasteiger partial charge in [0, 0.05) is 31.0 Å². The average Bonchev–Trinajstić information content (AvgIpc) is 3.00. The first-order valence-corrected chi connectivity index (χ1v) is 12.3. The molecule has 4 bridgehead atoms. The van der Waals surface area contributed by atoms with Gasteiger partial charge < -0.3 is 10.2 Å². The number of carbonyl (C=O) groups is 1. The second-order valence-electron chi connectivity index (χ2n) is 9.91. The van der Waals surface area contributed by atoms with Crippen LogP contribution in [-0.2, 0) is 11.2 Å². The van der Waals surface area contributed by atoms with Crippen molar-refractivity contribution >= 4 is 40.9 Å². The quantitative estimate of drug-likeness (QED) is 0.659. The molecule has 0 radical (unpaired) electrons. The van der Waals surface area contributed by atoms with E-state index in [0.29, 0.717) is 6.42 Å². The molecule has 1 amide bonds. The summed E-state index contributed by atoms with van der Waals surface area (Å²) in [6, 6.07) is 8.42. The van der Waals surface area contributed by atoms with Crippen LogP contribution in [-0.4, -0.2) is 40.4 Å². The Hall–Kier alpha value is -1.20. The molecule has 1 saturated heterocycles. The summed E-state index contributed by atoms with van der Waals surface area (Å²) in [5.41, 5.74) is 2.40. The Morgan fingerprint density at radius 2 is 1.73 bits per heavy atom. The van der Waals surface area contributed by atoms with E-state index >= 15 is 0 Å². The standard InChI is InChI=1S/C24H33N3OS.ClH/c1-3-16-4-6-20(7-5-16)25-22(28)11-21-15-29-23(27(21)2)26-24-12-17-8-18(13-24)10-19(9-17)14-24;/h4-7,17-19,21H,3,8-15H2,1-2H3,(H,25,28);1H. The van der Waals surface area contributed by atoms with Crippen LogP contribution in [0.25, 0.3) is 0 Å². The molecule has 1 aliphatic heterocycles. The van der Waals surface area contributed by atoms with Crippen molar-refractivity contribution < 1.29 is 4.79 Å². The van der Waals surface area contributed by atoms with Gasteiger partial charge in [-0.1, -0.05) is 30.8 Å². The lowest BCUT2D eigenvalue weighted by atomic mass is 9.53. The lowest BCUT2D eigenvalue weighted by molar-refractivity contribution is -0.116. The van der Waals surface area contributed by atoms with Crippen molar-refractivity contribution in [2.45, 2.75) is 69.9 Å². The number of nitrogens with one attached hydrogen (secondary N) is 1. The average molecular weight is 448 g/mol. The van der Waals surface area contributed by atoms with E-state index in [-0.39, 0.29) is 29.9 Å². The first-order valence-electron chi connectivity index (χ1n) is 11.4. The van der Waals surface area contributed by atoms with Crippen LogP contribution in [0.5, 0.6) is 0 Å². The number of amidine groups is 1. The van der Waals surface area contributed by atoms with E-state index in [0.717, 1.165) is 35.6 Å². The normalized spacial score (nSPS) is 35.5. The highest BCUT2D eigenvalue weighted by Gasteiger charge is 2.51. The molecule has 0 aromatic heterocycles. The van der Waals surface area contributed by atoms with Crippen molar-refractivity contribution in [3.63, 3.8) is 0 Å². The number of aryl methyl sites for hydroxylation is 1. The maximum atomic E-state index is 12.6. The molecule has 1 atom stereocenters. The van der Waals surface area contributed by atoms with Gasteiger partial charge >= 0.3 is 0 Å². The Morgan fingerprint density at radius 1 is 1.13 bits per heavy atom. The molecular weight excluding hydrogens is 414 g/mol. The van der Waals surface area contributed by atoms with Gasteiger partial charge in [-0.05, 0) is 80.4 Å². The molecule has 1 heterocycles. The summed E-state index contributed by atoms with van der Waals surface area (Å²) < 4.78 is 0. The summed E-state index contributed by atoms with van der Waals surface area (Å²) in [6.07, 6.45) is 9.81. The molecule has 164 valence electrons. The van der Waals surface area contributed by atoms with Gasteiger partial charge in [-0.3, -0.25) is 9.79 Å². The van der Waals surface area contributed by atoms with E-state index in [1.165, 1.54) is 49.3 Å². The first-order chi connectivity index (χ1) is 14.0. The van der Waals surface area contributed by atoms with Gasteiger partial charge in [-0.15, -0.1) is 12.4 Å². The first kappa shape index (κ1) is 22.0. The van der Waals surface area contributed by atoms with Gasteiger partial charge in [-0.25, -0.2) is 0 Å². The van der Waals surface area contributed by atoms with Crippen LogP contribution in [0.3, 0.4) is 0 Å². The third kappa shape index (κ3) is 4.38. The summed E-state index contributed by atoms with van der Waals surface area (Å²) in [6.45, 7) is 2.14. The molecule has 0 spiro atoms. The van der Waals surface area contributed by atoms with Gasteiger partial charge in [0.15, 0.2) is 5.17 Å². The Kier molecular flexibility index (Phi) is 6.41. The van der Waals surface area contributed by atoms with Gasteiger partial charge in [0.1, 0.15) is 0 Å². The topological polar surface area (TPSA) is 44.7 Å². The van der Waals surface area contributed by atoms with E-state index in [1.807, 2.05) is 23.9 Å². The smallest absolute Gasteiger partial charge is 0.226 e. The molecule has 1 aromatic carbocycles. The van der Waals surface area contributed by atoms with Crippen LogP contribution < -0.4 is 5.32 Å². The van der Waals surface area contributed by atoms with Crippen molar-refractivity contribution in [3.8, 4) is 0 Å². The summed E-state index contributed by atoms with van der Waals surface area (Å²) in [7, 11) is 2.13. The van der Waals surface area contributed by atoms with Crippen molar-refractivity contribution in [1.29, 1.82) is 0 Å². The zero-order chi connectivity index (χ0) is 20.0. The van der Waals surface area contributed by atoms with Crippen LogP contribution in [0.15, 0.2) is 29.3 Å². The minimum atomic E-state index is 0. The molecular formula is C24H34ClN3OS. The van der Waals surface area contributed by atoms with Gasteiger partial charge in [-0.2, -0.15) is 0 Å². The van der Waals surface area contributed by atoms with E-state index in [2.05, 4.69) is 36.3 Å². The molecule has 6 rings (SSSR count). The minimum absolute atomic E-state index is 0. The number of hydrogen-bond acceptors (Lipinski definition) is 3. The number of carbonyl (C=O) groups excluding carboxylic acids is 1. The van der Waals surface area contributed by atoms with Crippen molar-refractivity contribution in [1.82, 2.24) is 4.90 Å². The van der Waals surface area contributed by atoms with Gasteiger partial charge in [0.05, 0.1) is 5.54 Å². The molecule has 1 aromatic rings. The molecule has 1 N–H and O–H groups in total. The van der Waals surface area contributed by atoms with E-state index in [1.54, 1.807) is 0 Å². The third-order valence-electron chi connectivity index (χ3n) is 7.66. The molecule has 30 heavy (non-hydrogen) atoms. The number of rotatable bonds is 5. The predicted octanol–water partition coefficient (Wildman–Crippen LogP) is 5.37. The number of aliphatic imine (C=N–C) groups is 1. The van der Waals surface area contributed by atoms with E-state index in [4.69, 9.17) is 4.99 Å². The number of anilines is 1. The number of hydrogen-bond donors (Lipinski definition) is 1. The number of halogens is 1. The lowest BCUT2D eigenvalue weighted by Gasteiger charge is -2.55. The van der Waals surface area contributed by atoms with Crippen LogP contribution in [0.2, 0.25) is 0 Å². The van der Waals surface area contributed by atoms with E-state index < -0.39 is 0 Å². The van der Waals surface area contributed by atoms with E-state index in [9.17, 15) is 4.79 Å². The molecule has 4 nitrogen and oxygen atoms in total. The van der Waals surface area contributed by atoms with Crippen LogP contribution in [0, 0.1) is 17.8 Å². The zero-order valence-corrected chi connectivity index (χ0v) is 19.7. The Bertz CT molecular complexity index is 774. The van der Waals surface area contributed by atoms with Crippen LogP contribution >= 0.6 is 24.2 Å². The zero-order valence-electron chi connectivity index (χ0n) is 18.1.